The number of nitrogens with zero attached hydrogens (tertiary/aromatic N) is 1. The van der Waals surface area contributed by atoms with Gasteiger partial charge in [-0.25, -0.2) is 4.79 Å². The highest BCUT2D eigenvalue weighted by molar-refractivity contribution is 5.33. The normalized spacial score (nSPS) is 14.4. The fourth-order valence-electron chi connectivity index (χ4n) is 0.657. The van der Waals surface area contributed by atoms with Crippen molar-refractivity contribution in [2.45, 2.75) is 26.1 Å². The highest BCUT2D eigenvalue weighted by Gasteiger charge is 2.41. The SMILES string of the molecule is CC(C)C(N=C=O)C(F)(F)F. The molecule has 0 aliphatic carbocycles. The third kappa shape index (κ3) is 3.18. The van der Waals surface area contributed by atoms with Crippen molar-refractivity contribution in [3.05, 3.63) is 0 Å². The third-order valence-corrected chi connectivity index (χ3v) is 1.16. The summed E-state index contributed by atoms with van der Waals surface area (Å²) in [6.45, 7) is 2.69. The van der Waals surface area contributed by atoms with Gasteiger partial charge in [-0.2, -0.15) is 18.2 Å². The molecule has 1 atom stereocenters. The average molecular weight is 167 g/mol. The lowest BCUT2D eigenvalue weighted by molar-refractivity contribution is -0.155. The molecule has 64 valence electrons. The summed E-state index contributed by atoms with van der Waals surface area (Å²) >= 11 is 0. The molecule has 0 aliphatic heterocycles. The van der Waals surface area contributed by atoms with Gasteiger partial charge in [-0.3, -0.25) is 0 Å². The maximum Gasteiger partial charge on any atom is 0.411 e. The lowest BCUT2D eigenvalue weighted by Crippen LogP contribution is -2.31. The van der Waals surface area contributed by atoms with Gasteiger partial charge < -0.3 is 0 Å². The highest BCUT2D eigenvalue weighted by atomic mass is 19.4. The van der Waals surface area contributed by atoms with Gasteiger partial charge >= 0.3 is 6.18 Å². The first-order valence-electron chi connectivity index (χ1n) is 3.03. The largest absolute Gasteiger partial charge is 0.411 e. The summed E-state index contributed by atoms with van der Waals surface area (Å²) in [5.41, 5.74) is 0. The quantitative estimate of drug-likeness (QED) is 0.456. The van der Waals surface area contributed by atoms with Crippen LogP contribution in [-0.2, 0) is 4.79 Å². The fourth-order valence-corrected chi connectivity index (χ4v) is 0.657. The standard InChI is InChI=1S/C6H8F3NO/c1-4(2)5(10-3-11)6(7,8)9/h4-5H,1-2H3. The highest BCUT2D eigenvalue weighted by Crippen LogP contribution is 2.27. The van der Waals surface area contributed by atoms with Gasteiger partial charge in [0, 0.05) is 0 Å². The molecule has 0 fully saturated rings. The zero-order valence-corrected chi connectivity index (χ0v) is 6.14. The molecule has 2 nitrogen and oxygen atoms in total. The zero-order valence-electron chi connectivity index (χ0n) is 6.14. The molecule has 0 radical (unpaired) electrons. The molecule has 0 rings (SSSR count). The Kier molecular flexibility index (Phi) is 3.26. The summed E-state index contributed by atoms with van der Waals surface area (Å²) in [5, 5.41) is 0. The Labute approximate surface area is 62.1 Å². The summed E-state index contributed by atoms with van der Waals surface area (Å²) in [5.74, 6) is -0.726. The van der Waals surface area contributed by atoms with Crippen molar-refractivity contribution in [1.29, 1.82) is 0 Å². The molecule has 5 heteroatoms. The number of aliphatic imine (C=N–C) groups is 1. The molecule has 0 aromatic heterocycles. The van der Waals surface area contributed by atoms with Crippen molar-refractivity contribution < 1.29 is 18.0 Å². The first-order valence-corrected chi connectivity index (χ1v) is 3.03. The summed E-state index contributed by atoms with van der Waals surface area (Å²) < 4.78 is 35.7. The van der Waals surface area contributed by atoms with Crippen LogP contribution in [0.25, 0.3) is 0 Å². The topological polar surface area (TPSA) is 29.4 Å². The second-order valence-electron chi connectivity index (χ2n) is 2.45. The number of halogens is 3. The van der Waals surface area contributed by atoms with E-state index in [1.54, 1.807) is 0 Å². The maximum atomic E-state index is 11.9. The van der Waals surface area contributed by atoms with Crippen molar-refractivity contribution in [2.24, 2.45) is 10.9 Å². The van der Waals surface area contributed by atoms with E-state index in [4.69, 9.17) is 0 Å². The van der Waals surface area contributed by atoms with Crippen molar-refractivity contribution >= 4 is 6.08 Å². The van der Waals surface area contributed by atoms with E-state index in [1.165, 1.54) is 13.8 Å². The Morgan fingerprint density at radius 3 is 1.91 bits per heavy atom. The predicted molar refractivity (Wildman–Crippen MR) is 32.8 cm³/mol. The van der Waals surface area contributed by atoms with Crippen LogP contribution in [0.15, 0.2) is 4.99 Å². The van der Waals surface area contributed by atoms with Crippen molar-refractivity contribution in [3.63, 3.8) is 0 Å². The van der Waals surface area contributed by atoms with Crippen LogP contribution in [0.4, 0.5) is 13.2 Å². The van der Waals surface area contributed by atoms with Gasteiger partial charge in [0.2, 0.25) is 6.08 Å². The molecular formula is C6H8F3NO. The molecule has 0 aromatic carbocycles. The van der Waals surface area contributed by atoms with E-state index in [9.17, 15) is 18.0 Å². The summed E-state index contributed by atoms with van der Waals surface area (Å²) in [6.07, 6.45) is -3.53. The molecule has 0 saturated heterocycles. The molecule has 0 heterocycles. The molecule has 0 aromatic rings. The maximum absolute atomic E-state index is 11.9. The third-order valence-electron chi connectivity index (χ3n) is 1.16. The van der Waals surface area contributed by atoms with E-state index in [1.807, 2.05) is 0 Å². The van der Waals surface area contributed by atoms with E-state index < -0.39 is 18.1 Å². The molecule has 0 bridgehead atoms. The summed E-state index contributed by atoms with van der Waals surface area (Å²) in [4.78, 5) is 12.2. The number of hydrogen-bond acceptors (Lipinski definition) is 2. The Hall–Kier alpha value is -0.830. The first kappa shape index (κ1) is 10.2. The number of rotatable bonds is 2. The first-order chi connectivity index (χ1) is 4.89. The lowest BCUT2D eigenvalue weighted by Gasteiger charge is -2.17. The molecule has 0 amide bonds. The molecular weight excluding hydrogens is 159 g/mol. The molecule has 1 unspecified atom stereocenters. The molecule has 11 heavy (non-hydrogen) atoms. The molecule has 0 spiro atoms. The minimum Gasteiger partial charge on any atom is -0.211 e. The van der Waals surface area contributed by atoms with Crippen LogP contribution < -0.4 is 0 Å². The number of carbonyl (C=O) groups excluding carboxylic acids is 1. The van der Waals surface area contributed by atoms with Crippen LogP contribution >= 0.6 is 0 Å². The van der Waals surface area contributed by atoms with Gasteiger partial charge in [0.15, 0.2) is 6.04 Å². The monoisotopic (exact) mass is 167 g/mol. The van der Waals surface area contributed by atoms with Gasteiger partial charge in [0.05, 0.1) is 0 Å². The van der Waals surface area contributed by atoms with Crippen LogP contribution in [0.5, 0.6) is 0 Å². The van der Waals surface area contributed by atoms with Crippen molar-refractivity contribution in [3.8, 4) is 0 Å². The van der Waals surface area contributed by atoms with Crippen molar-refractivity contribution in [2.75, 3.05) is 0 Å². The summed E-state index contributed by atoms with van der Waals surface area (Å²) in [7, 11) is 0. The van der Waals surface area contributed by atoms with Gasteiger partial charge in [-0.15, -0.1) is 0 Å². The second kappa shape index (κ2) is 3.53. The molecule has 0 aliphatic rings. The van der Waals surface area contributed by atoms with E-state index in [2.05, 4.69) is 4.99 Å². The molecule has 0 N–H and O–H groups in total. The Morgan fingerprint density at radius 1 is 1.36 bits per heavy atom. The average Bonchev–Trinajstić information content (AvgIpc) is 1.79. The van der Waals surface area contributed by atoms with Crippen LogP contribution in [0.3, 0.4) is 0 Å². The van der Waals surface area contributed by atoms with Crippen molar-refractivity contribution in [1.82, 2.24) is 0 Å². The number of hydrogen-bond donors (Lipinski definition) is 0. The van der Waals surface area contributed by atoms with Crippen LogP contribution in [0.2, 0.25) is 0 Å². The van der Waals surface area contributed by atoms with E-state index in [0.717, 1.165) is 6.08 Å². The van der Waals surface area contributed by atoms with E-state index in [-0.39, 0.29) is 0 Å². The van der Waals surface area contributed by atoms with Crippen LogP contribution in [-0.4, -0.2) is 18.3 Å². The Bertz CT molecular complexity index is 169. The van der Waals surface area contributed by atoms with E-state index in [0.29, 0.717) is 0 Å². The van der Waals surface area contributed by atoms with Gasteiger partial charge in [0.25, 0.3) is 0 Å². The minimum atomic E-state index is -4.44. The van der Waals surface area contributed by atoms with Crippen LogP contribution in [0, 0.1) is 5.92 Å². The molecule has 0 saturated carbocycles. The zero-order chi connectivity index (χ0) is 9.07. The Balaban J connectivity index is 4.47. The van der Waals surface area contributed by atoms with Gasteiger partial charge in [0.1, 0.15) is 0 Å². The van der Waals surface area contributed by atoms with E-state index >= 15 is 0 Å². The smallest absolute Gasteiger partial charge is 0.211 e. The number of alkyl halides is 3. The second-order valence-corrected chi connectivity index (χ2v) is 2.45. The predicted octanol–water partition coefficient (Wildman–Crippen LogP) is 1.91. The van der Waals surface area contributed by atoms with Gasteiger partial charge in [-0.1, -0.05) is 13.8 Å². The number of isocyanates is 1. The Morgan fingerprint density at radius 2 is 1.82 bits per heavy atom. The van der Waals surface area contributed by atoms with Gasteiger partial charge in [-0.05, 0) is 5.92 Å². The fraction of sp³-hybridized carbons (Fsp3) is 0.833. The summed E-state index contributed by atoms with van der Waals surface area (Å²) in [6, 6.07) is -1.92. The van der Waals surface area contributed by atoms with Crippen LogP contribution in [0.1, 0.15) is 13.8 Å². The minimum absolute atomic E-state index is 0.726. The lowest BCUT2D eigenvalue weighted by atomic mass is 10.1.